The van der Waals surface area contributed by atoms with Crippen molar-refractivity contribution in [3.63, 3.8) is 0 Å². The third-order valence-electron chi connectivity index (χ3n) is 5.93. The van der Waals surface area contributed by atoms with Crippen molar-refractivity contribution in [2.75, 3.05) is 0 Å². The Morgan fingerprint density at radius 1 is 1.21 bits per heavy atom. The summed E-state index contributed by atoms with van der Waals surface area (Å²) in [6.45, 7) is 6.05. The van der Waals surface area contributed by atoms with Gasteiger partial charge in [-0.3, -0.25) is 4.79 Å². The van der Waals surface area contributed by atoms with Gasteiger partial charge < -0.3 is 5.32 Å². The summed E-state index contributed by atoms with van der Waals surface area (Å²) in [5.41, 5.74) is 3.66. The number of alkyl halides is 3. The number of nitrogens with one attached hydrogen (secondary N) is 1. The lowest BCUT2D eigenvalue weighted by atomic mass is 9.83. The molecule has 0 saturated heterocycles. The van der Waals surface area contributed by atoms with Crippen LogP contribution in [-0.2, 0) is 4.79 Å². The third kappa shape index (κ3) is 5.01. The van der Waals surface area contributed by atoms with Crippen molar-refractivity contribution in [2.45, 2.75) is 64.6 Å². The van der Waals surface area contributed by atoms with E-state index in [1.54, 1.807) is 0 Å². The van der Waals surface area contributed by atoms with Gasteiger partial charge in [0.1, 0.15) is 0 Å². The minimum Gasteiger partial charge on any atom is -0.350 e. The van der Waals surface area contributed by atoms with E-state index < -0.39 is 11.7 Å². The third-order valence-corrected chi connectivity index (χ3v) is 5.93. The largest absolute Gasteiger partial charge is 0.416 e. The van der Waals surface area contributed by atoms with E-state index in [9.17, 15) is 18.0 Å². The summed E-state index contributed by atoms with van der Waals surface area (Å²) in [5, 5.41) is 3.04. The van der Waals surface area contributed by atoms with Gasteiger partial charge in [0, 0.05) is 6.42 Å². The molecule has 29 heavy (non-hydrogen) atoms. The SMILES string of the molecule is CC1CC=C(C(F)(F)F)C=C1CCC(=O)N[C@H](C)c1cccc2c1C(C)CC=C2. The number of carbonyl (C=O) groups excluding carboxylic acids is 1. The van der Waals surface area contributed by atoms with Gasteiger partial charge in [0.2, 0.25) is 5.91 Å². The molecule has 0 aliphatic heterocycles. The molecular formula is C24H28F3NO. The number of benzene rings is 1. The molecule has 0 aromatic heterocycles. The number of hydrogen-bond acceptors (Lipinski definition) is 1. The van der Waals surface area contributed by atoms with Gasteiger partial charge in [-0.2, -0.15) is 13.2 Å². The average molecular weight is 403 g/mol. The minimum absolute atomic E-state index is 0.0279. The monoisotopic (exact) mass is 403 g/mol. The highest BCUT2D eigenvalue weighted by Crippen LogP contribution is 2.36. The molecule has 0 saturated carbocycles. The summed E-state index contributed by atoms with van der Waals surface area (Å²) in [4.78, 5) is 12.5. The molecule has 2 aliphatic carbocycles. The van der Waals surface area contributed by atoms with Gasteiger partial charge in [0.25, 0.3) is 0 Å². The highest BCUT2D eigenvalue weighted by Gasteiger charge is 2.34. The molecule has 0 heterocycles. The number of halogens is 3. The molecule has 2 aliphatic rings. The topological polar surface area (TPSA) is 29.1 Å². The van der Waals surface area contributed by atoms with Crippen molar-refractivity contribution in [1.82, 2.24) is 5.32 Å². The van der Waals surface area contributed by atoms with Crippen LogP contribution < -0.4 is 5.32 Å². The molecule has 3 atom stereocenters. The van der Waals surface area contributed by atoms with E-state index in [4.69, 9.17) is 0 Å². The fraction of sp³-hybridized carbons (Fsp3) is 0.458. The Bertz CT molecular complexity index is 863. The molecule has 3 rings (SSSR count). The first kappa shape index (κ1) is 21.4. The van der Waals surface area contributed by atoms with Crippen LogP contribution in [0.25, 0.3) is 6.08 Å². The second-order valence-electron chi connectivity index (χ2n) is 8.19. The summed E-state index contributed by atoms with van der Waals surface area (Å²) in [6.07, 6.45) is 4.29. The van der Waals surface area contributed by atoms with Crippen LogP contribution in [-0.4, -0.2) is 12.1 Å². The molecule has 1 aromatic carbocycles. The normalized spacial score (nSPS) is 22.4. The Morgan fingerprint density at radius 3 is 2.69 bits per heavy atom. The average Bonchev–Trinajstić information content (AvgIpc) is 2.66. The number of hydrogen-bond donors (Lipinski definition) is 1. The molecule has 1 aromatic rings. The maximum absolute atomic E-state index is 13.0. The number of carbonyl (C=O) groups is 1. The molecule has 5 heteroatoms. The van der Waals surface area contributed by atoms with Crippen LogP contribution in [0.15, 0.2) is 47.6 Å². The Hall–Kier alpha value is -2.30. The van der Waals surface area contributed by atoms with Crippen LogP contribution in [0, 0.1) is 5.92 Å². The second kappa shape index (κ2) is 8.60. The van der Waals surface area contributed by atoms with Crippen LogP contribution in [0.1, 0.15) is 75.1 Å². The van der Waals surface area contributed by atoms with Crippen LogP contribution in [0.2, 0.25) is 0 Å². The summed E-state index contributed by atoms with van der Waals surface area (Å²) in [7, 11) is 0. The van der Waals surface area contributed by atoms with Crippen molar-refractivity contribution in [1.29, 1.82) is 0 Å². The summed E-state index contributed by atoms with van der Waals surface area (Å²) in [5.74, 6) is 0.289. The molecular weight excluding hydrogens is 375 g/mol. The first-order valence-corrected chi connectivity index (χ1v) is 10.2. The Labute approximate surface area is 170 Å². The fourth-order valence-electron chi connectivity index (χ4n) is 4.23. The van der Waals surface area contributed by atoms with Gasteiger partial charge in [-0.1, -0.05) is 61.9 Å². The summed E-state index contributed by atoms with van der Waals surface area (Å²) in [6, 6.07) is 5.99. The smallest absolute Gasteiger partial charge is 0.350 e. The van der Waals surface area contributed by atoms with E-state index in [0.717, 1.165) is 12.0 Å². The van der Waals surface area contributed by atoms with Crippen LogP contribution in [0.4, 0.5) is 13.2 Å². The predicted octanol–water partition coefficient (Wildman–Crippen LogP) is 6.62. The van der Waals surface area contributed by atoms with Gasteiger partial charge in [0.15, 0.2) is 0 Å². The molecule has 2 nitrogen and oxygen atoms in total. The Morgan fingerprint density at radius 2 is 1.97 bits per heavy atom. The van der Waals surface area contributed by atoms with Crippen LogP contribution in [0.5, 0.6) is 0 Å². The Kier molecular flexibility index (Phi) is 6.35. The van der Waals surface area contributed by atoms with Crippen molar-refractivity contribution < 1.29 is 18.0 Å². The number of fused-ring (bicyclic) bond motifs is 1. The first-order chi connectivity index (χ1) is 13.7. The van der Waals surface area contributed by atoms with E-state index in [-0.39, 0.29) is 24.3 Å². The molecule has 0 spiro atoms. The first-order valence-electron chi connectivity index (χ1n) is 10.2. The molecule has 1 amide bonds. The van der Waals surface area contributed by atoms with Gasteiger partial charge >= 0.3 is 6.18 Å². The highest BCUT2D eigenvalue weighted by atomic mass is 19.4. The van der Waals surface area contributed by atoms with Crippen molar-refractivity contribution >= 4 is 12.0 Å². The van der Waals surface area contributed by atoms with Crippen LogP contribution >= 0.6 is 0 Å². The van der Waals surface area contributed by atoms with Gasteiger partial charge in [0.05, 0.1) is 11.6 Å². The second-order valence-corrected chi connectivity index (χ2v) is 8.19. The molecule has 1 N–H and O–H groups in total. The number of allylic oxidation sites excluding steroid dienone is 5. The van der Waals surface area contributed by atoms with Gasteiger partial charge in [-0.05, 0) is 54.7 Å². The van der Waals surface area contributed by atoms with Crippen molar-refractivity contribution in [2.24, 2.45) is 5.92 Å². The van der Waals surface area contributed by atoms with Gasteiger partial charge in [-0.15, -0.1) is 0 Å². The lowest BCUT2D eigenvalue weighted by molar-refractivity contribution is -0.121. The van der Waals surface area contributed by atoms with Crippen LogP contribution in [0.3, 0.4) is 0 Å². The standard InChI is InChI=1S/C24H28F3NO/c1-15-10-12-20(24(25,26)27)14-19(15)11-13-22(29)28-17(3)21-9-5-8-18-7-4-6-16(2)23(18)21/h4-5,7-9,12,14-17H,6,10-11,13H2,1-3H3,(H,28,29)/t15?,16?,17-/m1/s1. The fourth-order valence-corrected chi connectivity index (χ4v) is 4.23. The lowest BCUT2D eigenvalue weighted by Gasteiger charge is -2.26. The molecule has 2 unspecified atom stereocenters. The summed E-state index contributed by atoms with van der Waals surface area (Å²) >= 11 is 0. The quantitative estimate of drug-likeness (QED) is 0.588. The minimum atomic E-state index is -4.33. The van der Waals surface area contributed by atoms with Crippen molar-refractivity contribution in [3.05, 3.63) is 64.3 Å². The maximum Gasteiger partial charge on any atom is 0.416 e. The van der Waals surface area contributed by atoms with E-state index in [1.807, 2.05) is 26.0 Å². The number of amides is 1. The van der Waals surface area contributed by atoms with Gasteiger partial charge in [-0.25, -0.2) is 0 Å². The molecule has 0 bridgehead atoms. The van der Waals surface area contributed by atoms with E-state index in [2.05, 4.69) is 30.5 Å². The van der Waals surface area contributed by atoms with E-state index in [0.29, 0.717) is 24.3 Å². The zero-order valence-corrected chi connectivity index (χ0v) is 17.1. The Balaban J connectivity index is 1.64. The molecule has 0 fully saturated rings. The lowest BCUT2D eigenvalue weighted by Crippen LogP contribution is -2.28. The summed E-state index contributed by atoms with van der Waals surface area (Å²) < 4.78 is 38.9. The number of rotatable bonds is 5. The van der Waals surface area contributed by atoms with E-state index in [1.165, 1.54) is 23.3 Å². The molecule has 156 valence electrons. The maximum atomic E-state index is 13.0. The predicted molar refractivity (Wildman–Crippen MR) is 110 cm³/mol. The van der Waals surface area contributed by atoms with Crippen molar-refractivity contribution in [3.8, 4) is 0 Å². The zero-order chi connectivity index (χ0) is 21.2. The van der Waals surface area contributed by atoms with E-state index >= 15 is 0 Å². The molecule has 0 radical (unpaired) electrons. The zero-order valence-electron chi connectivity index (χ0n) is 17.1. The highest BCUT2D eigenvalue weighted by molar-refractivity contribution is 5.77.